The molecule has 2 heterocycles. The van der Waals surface area contributed by atoms with E-state index in [4.69, 9.17) is 9.47 Å². The summed E-state index contributed by atoms with van der Waals surface area (Å²) in [6.07, 6.45) is 4.93. The highest BCUT2D eigenvalue weighted by Gasteiger charge is 2.24. The zero-order valence-corrected chi connectivity index (χ0v) is 11.1. The molecule has 0 bridgehead atoms. The average molecular weight is 272 g/mol. The number of benzene rings is 1. The molecule has 2 aromatic rings. The topological polar surface area (TPSA) is 53.4 Å². The van der Waals surface area contributed by atoms with Gasteiger partial charge in [-0.1, -0.05) is 12.1 Å². The van der Waals surface area contributed by atoms with E-state index in [1.165, 1.54) is 0 Å². The number of carbonyl (C=O) groups is 1. The number of hydrogen-bond donors (Lipinski definition) is 0. The first-order valence-corrected chi connectivity index (χ1v) is 6.70. The zero-order chi connectivity index (χ0) is 13.8. The van der Waals surface area contributed by atoms with Gasteiger partial charge in [0.2, 0.25) is 0 Å². The molecule has 1 aliphatic rings. The van der Waals surface area contributed by atoms with Crippen LogP contribution in [0.4, 0.5) is 0 Å². The molecule has 3 rings (SSSR count). The minimum Gasteiger partial charge on any atom is -0.459 e. The molecule has 1 atom stereocenters. The first kappa shape index (κ1) is 12.9. The summed E-state index contributed by atoms with van der Waals surface area (Å²) < 4.78 is 12.3. The number of nitrogens with zero attached hydrogens (tertiary/aromatic N) is 2. The Morgan fingerprint density at radius 3 is 2.90 bits per heavy atom. The lowest BCUT2D eigenvalue weighted by Crippen LogP contribution is -2.21. The van der Waals surface area contributed by atoms with Gasteiger partial charge in [0.15, 0.2) is 6.10 Å². The number of hydrogen-bond acceptors (Lipinski definition) is 4. The highest BCUT2D eigenvalue weighted by molar-refractivity contribution is 5.74. The minimum absolute atomic E-state index is 0.265. The maximum Gasteiger partial charge on any atom is 0.335 e. The van der Waals surface area contributed by atoms with E-state index in [1.807, 2.05) is 36.5 Å². The highest BCUT2D eigenvalue weighted by Crippen LogP contribution is 2.15. The van der Waals surface area contributed by atoms with Crippen molar-refractivity contribution in [1.29, 1.82) is 0 Å². The lowest BCUT2D eigenvalue weighted by molar-refractivity contribution is -0.155. The molecule has 5 heteroatoms. The molecule has 1 aromatic heterocycles. The van der Waals surface area contributed by atoms with Crippen molar-refractivity contribution in [2.24, 2.45) is 0 Å². The van der Waals surface area contributed by atoms with Crippen LogP contribution in [-0.4, -0.2) is 28.5 Å². The van der Waals surface area contributed by atoms with Crippen LogP contribution in [0.15, 0.2) is 42.7 Å². The predicted octanol–water partition coefficient (Wildman–Crippen LogP) is 2.09. The Morgan fingerprint density at radius 2 is 2.25 bits per heavy atom. The van der Waals surface area contributed by atoms with Crippen LogP contribution in [0.5, 0.6) is 0 Å². The van der Waals surface area contributed by atoms with Gasteiger partial charge in [-0.3, -0.25) is 0 Å². The molecule has 1 unspecified atom stereocenters. The Kier molecular flexibility index (Phi) is 3.78. The average Bonchev–Trinajstić information content (AvgIpc) is 3.18. The summed E-state index contributed by atoms with van der Waals surface area (Å²) in [6.45, 7) is 0.927. The van der Waals surface area contributed by atoms with E-state index in [-0.39, 0.29) is 18.7 Å². The van der Waals surface area contributed by atoms with Crippen molar-refractivity contribution < 1.29 is 14.3 Å². The van der Waals surface area contributed by atoms with E-state index < -0.39 is 0 Å². The van der Waals surface area contributed by atoms with Gasteiger partial charge in [0.25, 0.3) is 0 Å². The van der Waals surface area contributed by atoms with E-state index >= 15 is 0 Å². The Hall–Kier alpha value is -2.14. The van der Waals surface area contributed by atoms with Crippen LogP contribution >= 0.6 is 0 Å². The van der Waals surface area contributed by atoms with Crippen molar-refractivity contribution in [3.63, 3.8) is 0 Å². The number of ether oxygens (including phenoxy) is 2. The SMILES string of the molecule is O=C(OCc1ccc(-n2cccn2)cc1)C1CCCO1. The molecule has 5 nitrogen and oxygen atoms in total. The number of aromatic nitrogens is 2. The van der Waals surface area contributed by atoms with Gasteiger partial charge >= 0.3 is 5.97 Å². The van der Waals surface area contributed by atoms with E-state index in [2.05, 4.69) is 5.10 Å². The minimum atomic E-state index is -0.377. The van der Waals surface area contributed by atoms with Gasteiger partial charge in [-0.25, -0.2) is 9.48 Å². The number of carbonyl (C=O) groups excluding carboxylic acids is 1. The summed E-state index contributed by atoms with van der Waals surface area (Å²) >= 11 is 0. The summed E-state index contributed by atoms with van der Waals surface area (Å²) in [6, 6.07) is 9.63. The molecular weight excluding hydrogens is 256 g/mol. The van der Waals surface area contributed by atoms with Gasteiger partial charge in [0.05, 0.1) is 5.69 Å². The Bertz CT molecular complexity index is 557. The molecule has 20 heavy (non-hydrogen) atoms. The first-order chi connectivity index (χ1) is 9.83. The Labute approximate surface area is 117 Å². The summed E-state index contributed by atoms with van der Waals surface area (Å²) in [5.41, 5.74) is 1.93. The quantitative estimate of drug-likeness (QED) is 0.800. The summed E-state index contributed by atoms with van der Waals surface area (Å²) in [7, 11) is 0. The van der Waals surface area contributed by atoms with Crippen molar-refractivity contribution >= 4 is 5.97 Å². The van der Waals surface area contributed by atoms with Crippen LogP contribution in [0.3, 0.4) is 0 Å². The smallest absolute Gasteiger partial charge is 0.335 e. The molecule has 1 aliphatic heterocycles. The monoisotopic (exact) mass is 272 g/mol. The van der Waals surface area contributed by atoms with E-state index in [9.17, 15) is 4.79 Å². The van der Waals surface area contributed by atoms with Gasteiger partial charge in [-0.2, -0.15) is 5.10 Å². The highest BCUT2D eigenvalue weighted by atomic mass is 16.6. The molecule has 0 spiro atoms. The van der Waals surface area contributed by atoms with Crippen molar-refractivity contribution in [2.45, 2.75) is 25.6 Å². The molecule has 0 aliphatic carbocycles. The second-order valence-electron chi connectivity index (χ2n) is 4.73. The lowest BCUT2D eigenvalue weighted by atomic mass is 10.2. The van der Waals surface area contributed by atoms with Crippen LogP contribution < -0.4 is 0 Å². The molecule has 1 aromatic carbocycles. The van der Waals surface area contributed by atoms with Crippen molar-refractivity contribution in [3.05, 3.63) is 48.3 Å². The second kappa shape index (κ2) is 5.88. The zero-order valence-electron chi connectivity index (χ0n) is 11.1. The third-order valence-electron chi connectivity index (χ3n) is 3.28. The van der Waals surface area contributed by atoms with E-state index in [1.54, 1.807) is 10.9 Å². The van der Waals surface area contributed by atoms with Crippen LogP contribution in [-0.2, 0) is 20.9 Å². The molecule has 0 amide bonds. The van der Waals surface area contributed by atoms with Gasteiger partial charge in [-0.05, 0) is 36.6 Å². The number of rotatable bonds is 4. The fourth-order valence-corrected chi connectivity index (χ4v) is 2.18. The third kappa shape index (κ3) is 2.88. The van der Waals surface area contributed by atoms with Gasteiger partial charge < -0.3 is 9.47 Å². The maximum atomic E-state index is 11.7. The van der Waals surface area contributed by atoms with Gasteiger partial charge in [0.1, 0.15) is 6.61 Å². The van der Waals surface area contributed by atoms with Crippen molar-refractivity contribution in [3.8, 4) is 5.69 Å². The molecule has 0 saturated carbocycles. The van der Waals surface area contributed by atoms with Crippen LogP contribution in [0, 0.1) is 0 Å². The van der Waals surface area contributed by atoms with Crippen LogP contribution in [0.2, 0.25) is 0 Å². The molecule has 104 valence electrons. The predicted molar refractivity (Wildman–Crippen MR) is 72.3 cm³/mol. The van der Waals surface area contributed by atoms with Gasteiger partial charge in [-0.15, -0.1) is 0 Å². The normalized spacial score (nSPS) is 18.1. The number of esters is 1. The second-order valence-corrected chi connectivity index (χ2v) is 4.73. The van der Waals surface area contributed by atoms with Gasteiger partial charge in [0, 0.05) is 19.0 Å². The van der Waals surface area contributed by atoms with E-state index in [0.717, 1.165) is 24.1 Å². The Morgan fingerprint density at radius 1 is 1.40 bits per heavy atom. The summed E-state index contributed by atoms with van der Waals surface area (Å²) in [5, 5.41) is 4.16. The molecule has 0 radical (unpaired) electrons. The fourth-order valence-electron chi connectivity index (χ4n) is 2.18. The first-order valence-electron chi connectivity index (χ1n) is 6.70. The summed E-state index contributed by atoms with van der Waals surface area (Å²) in [4.78, 5) is 11.7. The summed E-state index contributed by atoms with van der Waals surface area (Å²) in [5.74, 6) is -0.265. The Balaban J connectivity index is 1.57. The molecule has 1 saturated heterocycles. The van der Waals surface area contributed by atoms with Crippen molar-refractivity contribution in [1.82, 2.24) is 9.78 Å². The largest absolute Gasteiger partial charge is 0.459 e. The van der Waals surface area contributed by atoms with E-state index in [0.29, 0.717) is 6.61 Å². The maximum absolute atomic E-state index is 11.7. The lowest BCUT2D eigenvalue weighted by Gasteiger charge is -2.10. The third-order valence-corrected chi connectivity index (χ3v) is 3.28. The standard InChI is InChI=1S/C15H16N2O3/c18-15(14-3-1-10-19-14)20-11-12-4-6-13(7-5-12)17-9-2-8-16-17/h2,4-9,14H,1,3,10-11H2. The molecule has 1 fully saturated rings. The molecule has 0 N–H and O–H groups in total. The van der Waals surface area contributed by atoms with Crippen LogP contribution in [0.25, 0.3) is 5.69 Å². The fraction of sp³-hybridized carbons (Fsp3) is 0.333. The van der Waals surface area contributed by atoms with Crippen LogP contribution in [0.1, 0.15) is 18.4 Å². The molecular formula is C15H16N2O3. The van der Waals surface area contributed by atoms with Crippen molar-refractivity contribution in [2.75, 3.05) is 6.61 Å².